The summed E-state index contributed by atoms with van der Waals surface area (Å²) < 4.78 is 18.0. The van der Waals surface area contributed by atoms with Gasteiger partial charge in [-0.2, -0.15) is 4.98 Å². The molecular formula is C33H35N5O5. The van der Waals surface area contributed by atoms with Crippen molar-refractivity contribution in [3.8, 4) is 11.6 Å². The van der Waals surface area contributed by atoms with Gasteiger partial charge in [0.15, 0.2) is 11.5 Å². The number of methoxy groups -OCH3 is 1. The van der Waals surface area contributed by atoms with Crippen molar-refractivity contribution in [3.05, 3.63) is 70.7 Å². The van der Waals surface area contributed by atoms with Crippen LogP contribution in [0.5, 0.6) is 11.6 Å². The molecular weight excluding hydrogens is 546 g/mol. The Balaban J connectivity index is 1.18. The molecule has 0 aliphatic heterocycles. The largest absolute Gasteiger partial charge is 0.495 e. The van der Waals surface area contributed by atoms with Gasteiger partial charge in [0.25, 0.3) is 5.91 Å². The molecule has 4 aromatic rings. The number of amides is 1. The number of hydrogen-bond donors (Lipinski definition) is 3. The molecule has 2 saturated carbocycles. The Labute approximate surface area is 249 Å². The molecule has 2 aromatic heterocycles. The van der Waals surface area contributed by atoms with Gasteiger partial charge in [0.2, 0.25) is 11.8 Å². The number of aryl methyl sites for hydroxylation is 1. The van der Waals surface area contributed by atoms with Crippen LogP contribution in [0.4, 0.5) is 11.6 Å². The summed E-state index contributed by atoms with van der Waals surface area (Å²) in [6.07, 6.45) is 9.06. The van der Waals surface area contributed by atoms with E-state index >= 15 is 0 Å². The SMILES string of the molecule is COc1cc(C(=O)N[C@@H]2CCC[C@H]2O)ccc1Nc1nc2c(c(OC3CCCC3)n1)C(c1ccc3nc(C)oc3c1)=CC2. The molecule has 0 saturated heterocycles. The third kappa shape index (κ3) is 5.43. The van der Waals surface area contributed by atoms with Crippen molar-refractivity contribution in [3.63, 3.8) is 0 Å². The Hall–Kier alpha value is -4.44. The van der Waals surface area contributed by atoms with Crippen molar-refractivity contribution in [1.29, 1.82) is 0 Å². The molecule has 10 nitrogen and oxygen atoms in total. The molecule has 222 valence electrons. The predicted molar refractivity (Wildman–Crippen MR) is 162 cm³/mol. The van der Waals surface area contributed by atoms with E-state index in [-0.39, 0.29) is 18.1 Å². The highest BCUT2D eigenvalue weighted by Crippen LogP contribution is 2.41. The number of benzene rings is 2. The lowest BCUT2D eigenvalue weighted by molar-refractivity contribution is 0.0873. The van der Waals surface area contributed by atoms with Gasteiger partial charge in [-0.3, -0.25) is 4.79 Å². The van der Waals surface area contributed by atoms with Crippen LogP contribution in [0, 0.1) is 6.92 Å². The topological polar surface area (TPSA) is 132 Å². The van der Waals surface area contributed by atoms with Crippen LogP contribution >= 0.6 is 0 Å². The second-order valence-corrected chi connectivity index (χ2v) is 11.6. The number of aliphatic hydroxyl groups is 1. The highest BCUT2D eigenvalue weighted by Gasteiger charge is 2.29. The minimum absolute atomic E-state index is 0.110. The van der Waals surface area contributed by atoms with Crippen LogP contribution in [-0.4, -0.2) is 51.3 Å². The maximum atomic E-state index is 12.9. The minimum Gasteiger partial charge on any atom is -0.495 e. The molecule has 2 heterocycles. The highest BCUT2D eigenvalue weighted by atomic mass is 16.5. The first kappa shape index (κ1) is 27.4. The fraction of sp³-hybridized carbons (Fsp3) is 0.394. The molecule has 2 atom stereocenters. The fourth-order valence-corrected chi connectivity index (χ4v) is 6.39. The van der Waals surface area contributed by atoms with E-state index in [4.69, 9.17) is 23.9 Å². The zero-order valence-electron chi connectivity index (χ0n) is 24.4. The number of hydrogen-bond acceptors (Lipinski definition) is 9. The van der Waals surface area contributed by atoms with E-state index in [2.05, 4.69) is 21.7 Å². The molecule has 0 unspecified atom stereocenters. The van der Waals surface area contributed by atoms with E-state index in [1.807, 2.05) is 25.1 Å². The third-order valence-electron chi connectivity index (χ3n) is 8.61. The fourth-order valence-electron chi connectivity index (χ4n) is 6.39. The van der Waals surface area contributed by atoms with Gasteiger partial charge in [-0.05, 0) is 86.4 Å². The summed E-state index contributed by atoms with van der Waals surface area (Å²) in [5.41, 5.74) is 6.45. The van der Waals surface area contributed by atoms with Gasteiger partial charge >= 0.3 is 0 Å². The number of ether oxygens (including phenoxy) is 2. The Bertz CT molecular complexity index is 1720. The van der Waals surface area contributed by atoms with E-state index < -0.39 is 6.10 Å². The van der Waals surface area contributed by atoms with E-state index in [1.165, 1.54) is 0 Å². The number of aliphatic hydroxyl groups excluding tert-OH is 1. The molecule has 3 N–H and O–H groups in total. The number of rotatable bonds is 8. The average molecular weight is 582 g/mol. The number of carbonyl (C=O) groups excluding carboxylic acids is 1. The second kappa shape index (κ2) is 11.3. The molecule has 43 heavy (non-hydrogen) atoms. The van der Waals surface area contributed by atoms with E-state index in [9.17, 15) is 9.90 Å². The summed E-state index contributed by atoms with van der Waals surface area (Å²) in [6.45, 7) is 1.85. The number of allylic oxidation sites excluding steroid dienone is 1. The zero-order valence-corrected chi connectivity index (χ0v) is 24.4. The molecule has 0 spiro atoms. The summed E-state index contributed by atoms with van der Waals surface area (Å²) in [6, 6.07) is 11.0. The van der Waals surface area contributed by atoms with Gasteiger partial charge in [0.05, 0.1) is 36.2 Å². The van der Waals surface area contributed by atoms with Crippen molar-refractivity contribution in [2.45, 2.75) is 76.5 Å². The van der Waals surface area contributed by atoms with Crippen LogP contribution in [0.1, 0.15) is 78.0 Å². The van der Waals surface area contributed by atoms with Crippen molar-refractivity contribution in [2.24, 2.45) is 0 Å². The first-order valence-electron chi connectivity index (χ1n) is 15.0. The third-order valence-corrected chi connectivity index (χ3v) is 8.61. The molecule has 2 fully saturated rings. The summed E-state index contributed by atoms with van der Waals surface area (Å²) >= 11 is 0. The second-order valence-electron chi connectivity index (χ2n) is 11.6. The van der Waals surface area contributed by atoms with E-state index in [0.717, 1.165) is 72.0 Å². The number of carbonyl (C=O) groups is 1. The Kier molecular flexibility index (Phi) is 7.22. The monoisotopic (exact) mass is 581 g/mol. The van der Waals surface area contributed by atoms with Crippen LogP contribution in [0.15, 0.2) is 46.9 Å². The van der Waals surface area contributed by atoms with Crippen LogP contribution in [0.3, 0.4) is 0 Å². The Morgan fingerprint density at radius 3 is 2.67 bits per heavy atom. The first-order chi connectivity index (χ1) is 20.9. The molecule has 10 heteroatoms. The summed E-state index contributed by atoms with van der Waals surface area (Å²) in [7, 11) is 1.56. The molecule has 7 rings (SSSR count). The Morgan fingerprint density at radius 1 is 1.02 bits per heavy atom. The van der Waals surface area contributed by atoms with Gasteiger partial charge in [-0.15, -0.1) is 0 Å². The van der Waals surface area contributed by atoms with Crippen molar-refractivity contribution >= 4 is 34.2 Å². The smallest absolute Gasteiger partial charge is 0.251 e. The van der Waals surface area contributed by atoms with Crippen LogP contribution in [0.2, 0.25) is 0 Å². The maximum Gasteiger partial charge on any atom is 0.251 e. The van der Waals surface area contributed by atoms with Gasteiger partial charge in [-0.25, -0.2) is 9.97 Å². The van der Waals surface area contributed by atoms with Crippen molar-refractivity contribution in [2.75, 3.05) is 12.4 Å². The van der Waals surface area contributed by atoms with Crippen molar-refractivity contribution in [1.82, 2.24) is 20.3 Å². The number of fused-ring (bicyclic) bond motifs is 2. The van der Waals surface area contributed by atoms with Gasteiger partial charge < -0.3 is 29.6 Å². The number of anilines is 2. The molecule has 2 aromatic carbocycles. The van der Waals surface area contributed by atoms with Crippen LogP contribution < -0.4 is 20.1 Å². The normalized spacial score (nSPS) is 19.8. The van der Waals surface area contributed by atoms with Crippen LogP contribution in [-0.2, 0) is 6.42 Å². The van der Waals surface area contributed by atoms with Crippen LogP contribution in [0.25, 0.3) is 16.7 Å². The quantitative estimate of drug-likeness (QED) is 0.242. The lowest BCUT2D eigenvalue weighted by Crippen LogP contribution is -2.39. The molecule has 0 bridgehead atoms. The number of nitrogens with one attached hydrogen (secondary N) is 2. The first-order valence-corrected chi connectivity index (χ1v) is 15.0. The molecule has 0 radical (unpaired) electrons. The number of nitrogens with zero attached hydrogens (tertiary/aromatic N) is 3. The molecule has 3 aliphatic carbocycles. The predicted octanol–water partition coefficient (Wildman–Crippen LogP) is 5.63. The van der Waals surface area contributed by atoms with Gasteiger partial charge in [-0.1, -0.05) is 12.1 Å². The summed E-state index contributed by atoms with van der Waals surface area (Å²) in [5, 5.41) is 16.4. The molecule has 1 amide bonds. The number of oxazole rings is 1. The minimum atomic E-state index is -0.506. The lowest BCUT2D eigenvalue weighted by atomic mass is 10.0. The zero-order chi connectivity index (χ0) is 29.5. The highest BCUT2D eigenvalue weighted by molar-refractivity contribution is 5.96. The summed E-state index contributed by atoms with van der Waals surface area (Å²) in [4.78, 5) is 27.1. The van der Waals surface area contributed by atoms with E-state index in [0.29, 0.717) is 47.6 Å². The number of aromatic nitrogens is 3. The Morgan fingerprint density at radius 2 is 1.88 bits per heavy atom. The van der Waals surface area contributed by atoms with Gasteiger partial charge in [0.1, 0.15) is 17.4 Å². The standard InChI is InChI=1S/C33H35N5O5/c1-18-34-25-13-10-19(16-29(25)42-18)22-12-15-26-30(22)32(43-21-6-3-4-7-21)38-33(37-26)36-24-14-11-20(17-28(24)41-2)31(40)35-23-8-5-9-27(23)39/h10-14,16-17,21,23,27,39H,3-9,15H2,1-2H3,(H,35,40)(H,36,37,38)/t23-,27-/m1/s1. The maximum absolute atomic E-state index is 12.9. The van der Waals surface area contributed by atoms with Gasteiger partial charge in [0, 0.05) is 18.9 Å². The van der Waals surface area contributed by atoms with Crippen molar-refractivity contribution < 1.29 is 23.8 Å². The lowest BCUT2D eigenvalue weighted by Gasteiger charge is -2.19. The molecule has 3 aliphatic rings. The average Bonchev–Trinajstić information content (AvgIpc) is 3.81. The van der Waals surface area contributed by atoms with E-state index in [1.54, 1.807) is 25.3 Å². The summed E-state index contributed by atoms with van der Waals surface area (Å²) in [5.74, 6) is 1.83.